The minimum atomic E-state index is -0.719. The molecule has 2 aliphatic heterocycles. The molecule has 0 aromatic carbocycles. The van der Waals surface area contributed by atoms with Gasteiger partial charge in [0.25, 0.3) is 0 Å². The van der Waals surface area contributed by atoms with Crippen molar-refractivity contribution in [2.24, 2.45) is 11.8 Å². The van der Waals surface area contributed by atoms with Gasteiger partial charge in [-0.3, -0.25) is 9.59 Å². The van der Waals surface area contributed by atoms with Gasteiger partial charge in [-0.1, -0.05) is 6.92 Å². The molecule has 2 aliphatic rings. The number of nitrogens with one attached hydrogen (secondary N) is 2. The van der Waals surface area contributed by atoms with Crippen molar-refractivity contribution < 1.29 is 9.59 Å². The fourth-order valence-electron chi connectivity index (χ4n) is 3.30. The first-order valence-corrected chi connectivity index (χ1v) is 7.72. The maximum atomic E-state index is 12.5. The lowest BCUT2D eigenvalue weighted by Crippen LogP contribution is -2.63. The number of nitrogens with zero attached hydrogens (tertiary/aromatic N) is 1. The quantitative estimate of drug-likeness (QED) is 0.802. The smallest absolute Gasteiger partial charge is 0.245 e. The monoisotopic (exact) mass is 281 g/mol. The molecule has 0 saturated carbocycles. The first kappa shape index (κ1) is 15.3. The summed E-state index contributed by atoms with van der Waals surface area (Å²) >= 11 is 0. The average molecular weight is 281 g/mol. The van der Waals surface area contributed by atoms with E-state index in [1.54, 1.807) is 4.90 Å². The third-order valence-corrected chi connectivity index (χ3v) is 4.84. The van der Waals surface area contributed by atoms with Crippen LogP contribution in [0.3, 0.4) is 0 Å². The van der Waals surface area contributed by atoms with Gasteiger partial charge in [0, 0.05) is 19.5 Å². The van der Waals surface area contributed by atoms with Gasteiger partial charge in [-0.25, -0.2) is 0 Å². The van der Waals surface area contributed by atoms with Crippen LogP contribution in [-0.2, 0) is 9.59 Å². The zero-order valence-electron chi connectivity index (χ0n) is 12.9. The first-order valence-electron chi connectivity index (χ1n) is 7.72. The van der Waals surface area contributed by atoms with Crippen LogP contribution in [0.15, 0.2) is 0 Å². The van der Waals surface area contributed by atoms with Crippen molar-refractivity contribution in [3.8, 4) is 0 Å². The van der Waals surface area contributed by atoms with E-state index in [0.717, 1.165) is 25.9 Å². The second-order valence-corrected chi connectivity index (χ2v) is 6.63. The van der Waals surface area contributed by atoms with Gasteiger partial charge in [-0.2, -0.15) is 0 Å². The Balaban J connectivity index is 1.94. The van der Waals surface area contributed by atoms with Gasteiger partial charge in [0.05, 0.1) is 0 Å². The minimum Gasteiger partial charge on any atom is -0.352 e. The van der Waals surface area contributed by atoms with Crippen LogP contribution in [0.2, 0.25) is 0 Å². The third kappa shape index (κ3) is 3.14. The normalized spacial score (nSPS) is 25.1. The Morgan fingerprint density at radius 3 is 2.65 bits per heavy atom. The third-order valence-electron chi connectivity index (χ3n) is 4.84. The standard InChI is InChI=1S/C15H27N3O2/c1-11(12-4-6-16-7-5-12)10-13(19)18-9-8-17-14(20)15(18,2)3/h11-12,16H,4-10H2,1-3H3,(H,17,20). The average Bonchev–Trinajstić information content (AvgIpc) is 2.42. The Morgan fingerprint density at radius 1 is 1.35 bits per heavy atom. The molecule has 0 radical (unpaired) electrons. The van der Waals surface area contributed by atoms with Crippen LogP contribution < -0.4 is 10.6 Å². The number of carbonyl (C=O) groups is 2. The van der Waals surface area contributed by atoms with E-state index in [1.165, 1.54) is 0 Å². The fourth-order valence-corrected chi connectivity index (χ4v) is 3.30. The Kier molecular flexibility index (Phi) is 4.68. The Bertz CT molecular complexity index is 375. The maximum absolute atomic E-state index is 12.5. The molecule has 2 amide bonds. The predicted octanol–water partition coefficient (Wildman–Crippen LogP) is 0.749. The second kappa shape index (κ2) is 6.12. The van der Waals surface area contributed by atoms with Gasteiger partial charge in [0.1, 0.15) is 5.54 Å². The van der Waals surface area contributed by atoms with E-state index in [1.807, 2.05) is 13.8 Å². The highest BCUT2D eigenvalue weighted by atomic mass is 16.2. The van der Waals surface area contributed by atoms with Gasteiger partial charge in [0.2, 0.25) is 11.8 Å². The highest BCUT2D eigenvalue weighted by molar-refractivity contribution is 5.91. The molecule has 5 nitrogen and oxygen atoms in total. The summed E-state index contributed by atoms with van der Waals surface area (Å²) in [5.74, 6) is 1.09. The van der Waals surface area contributed by atoms with Crippen LogP contribution in [0, 0.1) is 11.8 Å². The fraction of sp³-hybridized carbons (Fsp3) is 0.867. The van der Waals surface area contributed by atoms with Crippen LogP contribution in [0.4, 0.5) is 0 Å². The Labute approximate surface area is 121 Å². The summed E-state index contributed by atoms with van der Waals surface area (Å²) in [6.07, 6.45) is 2.86. The summed E-state index contributed by atoms with van der Waals surface area (Å²) in [6.45, 7) is 9.13. The molecule has 0 bridgehead atoms. The van der Waals surface area contributed by atoms with Crippen molar-refractivity contribution in [2.45, 2.75) is 45.6 Å². The molecule has 1 atom stereocenters. The maximum Gasteiger partial charge on any atom is 0.245 e. The number of rotatable bonds is 3. The summed E-state index contributed by atoms with van der Waals surface area (Å²) in [5, 5.41) is 6.19. The summed E-state index contributed by atoms with van der Waals surface area (Å²) in [7, 11) is 0. The van der Waals surface area contributed by atoms with E-state index in [-0.39, 0.29) is 11.8 Å². The van der Waals surface area contributed by atoms with E-state index in [4.69, 9.17) is 0 Å². The van der Waals surface area contributed by atoms with E-state index in [0.29, 0.717) is 31.3 Å². The molecular weight excluding hydrogens is 254 g/mol. The molecule has 2 rings (SSSR count). The second-order valence-electron chi connectivity index (χ2n) is 6.63. The summed E-state index contributed by atoms with van der Waals surface area (Å²) in [4.78, 5) is 26.2. The lowest BCUT2D eigenvalue weighted by Gasteiger charge is -2.42. The van der Waals surface area contributed by atoms with E-state index >= 15 is 0 Å². The van der Waals surface area contributed by atoms with Crippen LogP contribution in [0.25, 0.3) is 0 Å². The number of piperidine rings is 1. The van der Waals surface area contributed by atoms with Gasteiger partial charge in [0.15, 0.2) is 0 Å². The molecule has 2 N–H and O–H groups in total. The number of hydrogen-bond acceptors (Lipinski definition) is 3. The van der Waals surface area contributed by atoms with Crippen molar-refractivity contribution in [1.82, 2.24) is 15.5 Å². The van der Waals surface area contributed by atoms with E-state index in [2.05, 4.69) is 17.6 Å². The molecule has 0 aromatic rings. The van der Waals surface area contributed by atoms with Crippen molar-refractivity contribution in [1.29, 1.82) is 0 Å². The molecule has 2 heterocycles. The van der Waals surface area contributed by atoms with Gasteiger partial charge >= 0.3 is 0 Å². The van der Waals surface area contributed by atoms with Gasteiger partial charge in [-0.05, 0) is 51.6 Å². The summed E-state index contributed by atoms with van der Waals surface area (Å²) < 4.78 is 0. The van der Waals surface area contributed by atoms with Crippen molar-refractivity contribution in [3.63, 3.8) is 0 Å². The van der Waals surface area contributed by atoms with E-state index in [9.17, 15) is 9.59 Å². The SMILES string of the molecule is CC(CC(=O)N1CCNC(=O)C1(C)C)C1CCNCC1. The zero-order chi connectivity index (χ0) is 14.8. The van der Waals surface area contributed by atoms with Crippen molar-refractivity contribution in [2.75, 3.05) is 26.2 Å². The number of carbonyl (C=O) groups excluding carboxylic acids is 2. The molecule has 0 aliphatic carbocycles. The largest absolute Gasteiger partial charge is 0.352 e. The first-order chi connectivity index (χ1) is 9.43. The molecule has 2 fully saturated rings. The molecule has 0 spiro atoms. The number of hydrogen-bond donors (Lipinski definition) is 2. The van der Waals surface area contributed by atoms with Crippen LogP contribution >= 0.6 is 0 Å². The summed E-state index contributed by atoms with van der Waals surface area (Å²) in [6, 6.07) is 0. The Hall–Kier alpha value is -1.10. The lowest BCUT2D eigenvalue weighted by atomic mass is 9.83. The summed E-state index contributed by atoms with van der Waals surface area (Å²) in [5.41, 5.74) is -0.719. The van der Waals surface area contributed by atoms with Gasteiger partial charge < -0.3 is 15.5 Å². The molecular formula is C15H27N3O2. The molecule has 5 heteroatoms. The van der Waals surface area contributed by atoms with Crippen LogP contribution in [0.5, 0.6) is 0 Å². The van der Waals surface area contributed by atoms with Crippen LogP contribution in [0.1, 0.15) is 40.0 Å². The molecule has 114 valence electrons. The predicted molar refractivity (Wildman–Crippen MR) is 78.2 cm³/mol. The topological polar surface area (TPSA) is 61.4 Å². The zero-order valence-corrected chi connectivity index (χ0v) is 12.9. The van der Waals surface area contributed by atoms with E-state index < -0.39 is 5.54 Å². The van der Waals surface area contributed by atoms with Crippen molar-refractivity contribution >= 4 is 11.8 Å². The van der Waals surface area contributed by atoms with Gasteiger partial charge in [-0.15, -0.1) is 0 Å². The minimum absolute atomic E-state index is 0.0494. The molecule has 20 heavy (non-hydrogen) atoms. The number of piperazine rings is 1. The number of amides is 2. The van der Waals surface area contributed by atoms with Crippen molar-refractivity contribution in [3.05, 3.63) is 0 Å². The van der Waals surface area contributed by atoms with Crippen LogP contribution in [-0.4, -0.2) is 48.4 Å². The molecule has 1 unspecified atom stereocenters. The Morgan fingerprint density at radius 2 is 2.00 bits per heavy atom. The molecule has 0 aromatic heterocycles. The molecule has 2 saturated heterocycles. The highest BCUT2D eigenvalue weighted by Crippen LogP contribution is 2.27. The lowest BCUT2D eigenvalue weighted by molar-refractivity contribution is -0.150. The highest BCUT2D eigenvalue weighted by Gasteiger charge is 2.40.